The minimum Gasteiger partial charge on any atom is -0.325 e. The average Bonchev–Trinajstić information content (AvgIpc) is 2.76. The molecule has 2 aromatic rings. The van der Waals surface area contributed by atoms with Crippen molar-refractivity contribution in [3.05, 3.63) is 61.7 Å². The highest BCUT2D eigenvalue weighted by atomic mass is 127. The third kappa shape index (κ3) is 2.73. The third-order valence-electron chi connectivity index (χ3n) is 3.26. The molecule has 0 radical (unpaired) electrons. The lowest BCUT2D eigenvalue weighted by atomic mass is 10.0. The van der Waals surface area contributed by atoms with Crippen molar-refractivity contribution in [3.8, 4) is 0 Å². The SMILES string of the molecule is O=C1Cc2cc(C(Br)c3cccc(I)c3)c(Cl)cc2N1. The van der Waals surface area contributed by atoms with Gasteiger partial charge in [-0.25, -0.2) is 0 Å². The van der Waals surface area contributed by atoms with E-state index in [0.717, 1.165) is 22.4 Å². The number of fused-ring (bicyclic) bond motifs is 1. The molecule has 0 aromatic heterocycles. The fourth-order valence-corrected chi connectivity index (χ4v) is 3.94. The highest BCUT2D eigenvalue weighted by Gasteiger charge is 2.22. The molecular weight excluding hydrogens is 452 g/mol. The van der Waals surface area contributed by atoms with E-state index in [1.165, 1.54) is 3.57 Å². The van der Waals surface area contributed by atoms with Gasteiger partial charge in [0, 0.05) is 14.3 Å². The Bertz CT molecular complexity index is 704. The number of rotatable bonds is 2. The fourth-order valence-electron chi connectivity index (χ4n) is 2.31. The minimum absolute atomic E-state index is 0.0192. The topological polar surface area (TPSA) is 29.1 Å². The predicted octanol–water partition coefficient (Wildman–Crippen LogP) is 4.92. The summed E-state index contributed by atoms with van der Waals surface area (Å²) in [6, 6.07) is 12.1. The molecule has 0 bridgehead atoms. The van der Waals surface area contributed by atoms with E-state index >= 15 is 0 Å². The molecule has 1 heterocycles. The molecule has 20 heavy (non-hydrogen) atoms. The highest BCUT2D eigenvalue weighted by Crippen LogP contribution is 2.39. The first-order valence-corrected chi connectivity index (χ1v) is 8.43. The summed E-state index contributed by atoms with van der Waals surface area (Å²) in [4.78, 5) is 11.5. The molecule has 5 heteroatoms. The first kappa shape index (κ1) is 14.4. The zero-order valence-electron chi connectivity index (χ0n) is 10.3. The third-order valence-corrected chi connectivity index (χ3v) is 5.28. The number of hydrogen-bond donors (Lipinski definition) is 1. The number of benzene rings is 2. The van der Waals surface area contributed by atoms with Gasteiger partial charge in [-0.3, -0.25) is 4.79 Å². The molecule has 3 rings (SSSR count). The van der Waals surface area contributed by atoms with Gasteiger partial charge >= 0.3 is 0 Å². The highest BCUT2D eigenvalue weighted by molar-refractivity contribution is 14.1. The molecule has 0 fully saturated rings. The molecule has 2 nitrogen and oxygen atoms in total. The lowest BCUT2D eigenvalue weighted by Gasteiger charge is -2.14. The van der Waals surface area contributed by atoms with Crippen LogP contribution in [0.15, 0.2) is 36.4 Å². The Kier molecular flexibility index (Phi) is 4.06. The van der Waals surface area contributed by atoms with E-state index in [1.54, 1.807) is 0 Å². The molecule has 0 saturated carbocycles. The normalized spacial score (nSPS) is 14.8. The number of alkyl halides is 1. The van der Waals surface area contributed by atoms with Crippen LogP contribution >= 0.6 is 50.1 Å². The smallest absolute Gasteiger partial charge is 0.228 e. The summed E-state index contributed by atoms with van der Waals surface area (Å²) in [5.41, 5.74) is 3.97. The number of carbonyl (C=O) groups excluding carboxylic acids is 1. The van der Waals surface area contributed by atoms with E-state index in [2.05, 4.69) is 62.0 Å². The van der Waals surface area contributed by atoms with Crippen LogP contribution in [0.4, 0.5) is 5.69 Å². The number of halogens is 3. The van der Waals surface area contributed by atoms with Gasteiger partial charge in [-0.2, -0.15) is 0 Å². The second-order valence-corrected chi connectivity index (χ2v) is 7.24. The quantitative estimate of drug-likeness (QED) is 0.498. The maximum absolute atomic E-state index is 11.4. The second-order valence-electron chi connectivity index (χ2n) is 4.67. The Morgan fingerprint density at radius 3 is 2.85 bits per heavy atom. The summed E-state index contributed by atoms with van der Waals surface area (Å²) in [6.45, 7) is 0. The van der Waals surface area contributed by atoms with E-state index in [1.807, 2.05) is 18.2 Å². The van der Waals surface area contributed by atoms with Crippen molar-refractivity contribution in [2.24, 2.45) is 0 Å². The molecule has 1 aliphatic rings. The van der Waals surface area contributed by atoms with Gasteiger partial charge in [0.15, 0.2) is 0 Å². The number of hydrogen-bond acceptors (Lipinski definition) is 1. The van der Waals surface area contributed by atoms with Crippen molar-refractivity contribution in [2.75, 3.05) is 5.32 Å². The van der Waals surface area contributed by atoms with Crippen molar-refractivity contribution in [1.82, 2.24) is 0 Å². The molecule has 0 aliphatic carbocycles. The Morgan fingerprint density at radius 2 is 2.10 bits per heavy atom. The number of amides is 1. The average molecular weight is 463 g/mol. The van der Waals surface area contributed by atoms with Crippen LogP contribution < -0.4 is 5.32 Å². The van der Waals surface area contributed by atoms with Crippen molar-refractivity contribution in [3.63, 3.8) is 0 Å². The number of nitrogens with one attached hydrogen (secondary N) is 1. The van der Waals surface area contributed by atoms with Crippen molar-refractivity contribution in [2.45, 2.75) is 11.2 Å². The monoisotopic (exact) mass is 461 g/mol. The number of carbonyl (C=O) groups is 1. The van der Waals surface area contributed by atoms with Gasteiger partial charge in [0.2, 0.25) is 5.91 Å². The Hall–Kier alpha value is -0.590. The number of anilines is 1. The zero-order valence-corrected chi connectivity index (χ0v) is 14.8. The summed E-state index contributed by atoms with van der Waals surface area (Å²) in [5.74, 6) is 0.0219. The summed E-state index contributed by atoms with van der Waals surface area (Å²) in [6.07, 6.45) is 0.422. The van der Waals surface area contributed by atoms with Crippen LogP contribution in [-0.2, 0) is 11.2 Å². The Labute approximate surface area is 144 Å². The molecule has 1 amide bonds. The standard InChI is InChI=1S/C15H10BrClINO/c16-15(8-2-1-3-10(18)4-8)11-5-9-6-14(20)19-13(9)7-12(11)17/h1-5,7,15H,6H2,(H,19,20). The van der Waals surface area contributed by atoms with Crippen LogP contribution in [0.2, 0.25) is 5.02 Å². The molecule has 102 valence electrons. The summed E-state index contributed by atoms with van der Waals surface area (Å²) in [5, 5.41) is 3.47. The van der Waals surface area contributed by atoms with Crippen LogP contribution in [-0.4, -0.2) is 5.91 Å². The van der Waals surface area contributed by atoms with Crippen LogP contribution in [0.5, 0.6) is 0 Å². The lowest BCUT2D eigenvalue weighted by Crippen LogP contribution is -2.03. The van der Waals surface area contributed by atoms with Crippen molar-refractivity contribution in [1.29, 1.82) is 0 Å². The first-order chi connectivity index (χ1) is 9.54. The van der Waals surface area contributed by atoms with Crippen LogP contribution in [0.25, 0.3) is 0 Å². The molecule has 0 saturated heterocycles. The second kappa shape index (κ2) is 5.66. The van der Waals surface area contributed by atoms with Gasteiger partial charge in [0.1, 0.15) is 0 Å². The molecule has 1 aliphatic heterocycles. The molecular formula is C15H10BrClINO. The first-order valence-electron chi connectivity index (χ1n) is 6.06. The van der Waals surface area contributed by atoms with Gasteiger partial charge < -0.3 is 5.32 Å². The fraction of sp³-hybridized carbons (Fsp3) is 0.133. The summed E-state index contributed by atoms with van der Waals surface area (Å²) in [7, 11) is 0. The van der Waals surface area contributed by atoms with E-state index in [-0.39, 0.29) is 10.7 Å². The summed E-state index contributed by atoms with van der Waals surface area (Å²) < 4.78 is 1.18. The Morgan fingerprint density at radius 1 is 1.30 bits per heavy atom. The van der Waals surface area contributed by atoms with E-state index < -0.39 is 0 Å². The van der Waals surface area contributed by atoms with Gasteiger partial charge in [0.05, 0.1) is 11.2 Å². The van der Waals surface area contributed by atoms with Gasteiger partial charge in [-0.15, -0.1) is 0 Å². The van der Waals surface area contributed by atoms with Gasteiger partial charge in [-0.1, -0.05) is 45.7 Å². The van der Waals surface area contributed by atoms with Crippen molar-refractivity contribution < 1.29 is 4.79 Å². The lowest BCUT2D eigenvalue weighted by molar-refractivity contribution is -0.115. The van der Waals surface area contributed by atoms with Gasteiger partial charge in [-0.05, 0) is 57.5 Å². The van der Waals surface area contributed by atoms with Crippen LogP contribution in [0.3, 0.4) is 0 Å². The summed E-state index contributed by atoms with van der Waals surface area (Å²) >= 11 is 12.4. The van der Waals surface area contributed by atoms with Crippen molar-refractivity contribution >= 4 is 61.7 Å². The molecule has 1 atom stereocenters. The maximum Gasteiger partial charge on any atom is 0.228 e. The van der Waals surface area contributed by atoms with Gasteiger partial charge in [0.25, 0.3) is 0 Å². The minimum atomic E-state index is 0.0192. The van der Waals surface area contributed by atoms with Crippen LogP contribution in [0.1, 0.15) is 21.5 Å². The predicted molar refractivity (Wildman–Crippen MR) is 93.7 cm³/mol. The van der Waals surface area contributed by atoms with E-state index in [9.17, 15) is 4.79 Å². The van der Waals surface area contributed by atoms with E-state index in [0.29, 0.717) is 11.4 Å². The van der Waals surface area contributed by atoms with E-state index in [4.69, 9.17) is 11.6 Å². The largest absolute Gasteiger partial charge is 0.325 e. The van der Waals surface area contributed by atoms with Crippen LogP contribution in [0, 0.1) is 3.57 Å². The maximum atomic E-state index is 11.4. The zero-order chi connectivity index (χ0) is 14.3. The molecule has 0 spiro atoms. The molecule has 1 unspecified atom stereocenters. The Balaban J connectivity index is 2.02. The molecule has 2 aromatic carbocycles. The molecule has 1 N–H and O–H groups in total.